The average molecular weight is 288 g/mol. The van der Waals surface area contributed by atoms with Crippen molar-refractivity contribution in [3.8, 4) is 0 Å². The van der Waals surface area contributed by atoms with Crippen LogP contribution in [0.15, 0.2) is 0 Å². The molecule has 1 amide bonds. The van der Waals surface area contributed by atoms with Gasteiger partial charge in [0.1, 0.15) is 0 Å². The van der Waals surface area contributed by atoms with Gasteiger partial charge in [0.15, 0.2) is 0 Å². The fourth-order valence-corrected chi connectivity index (χ4v) is 3.65. The van der Waals surface area contributed by atoms with E-state index in [1.165, 1.54) is 12.8 Å². The van der Waals surface area contributed by atoms with E-state index >= 15 is 0 Å². The molecule has 3 heteroatoms. The molecular weight excluding hydrogens is 258 g/mol. The van der Waals surface area contributed by atoms with Crippen molar-refractivity contribution >= 4 is 17.5 Å². The summed E-state index contributed by atoms with van der Waals surface area (Å²) in [6, 6.07) is 0. The molecule has 19 heavy (non-hydrogen) atoms. The molecule has 0 aromatic heterocycles. The lowest BCUT2D eigenvalue weighted by Gasteiger charge is -2.34. The van der Waals surface area contributed by atoms with E-state index in [1.807, 2.05) is 11.9 Å². The van der Waals surface area contributed by atoms with Gasteiger partial charge in [0, 0.05) is 24.9 Å². The van der Waals surface area contributed by atoms with Crippen molar-refractivity contribution in [2.24, 2.45) is 11.3 Å². The van der Waals surface area contributed by atoms with Gasteiger partial charge in [-0.15, -0.1) is 11.6 Å². The van der Waals surface area contributed by atoms with Gasteiger partial charge in [-0.1, -0.05) is 33.1 Å². The van der Waals surface area contributed by atoms with Crippen LogP contribution in [0, 0.1) is 11.3 Å². The summed E-state index contributed by atoms with van der Waals surface area (Å²) in [6.07, 6.45) is 8.94. The van der Waals surface area contributed by atoms with Crippen molar-refractivity contribution in [1.29, 1.82) is 0 Å². The van der Waals surface area contributed by atoms with Crippen LogP contribution in [0.25, 0.3) is 0 Å². The molecule has 0 radical (unpaired) electrons. The van der Waals surface area contributed by atoms with Crippen molar-refractivity contribution in [2.45, 2.75) is 65.2 Å². The van der Waals surface area contributed by atoms with E-state index < -0.39 is 0 Å². The van der Waals surface area contributed by atoms with Gasteiger partial charge < -0.3 is 4.90 Å². The molecule has 0 aliphatic heterocycles. The minimum atomic E-state index is -0.0462. The van der Waals surface area contributed by atoms with E-state index in [0.29, 0.717) is 11.8 Å². The maximum absolute atomic E-state index is 12.8. The molecule has 0 aromatic rings. The molecule has 1 aliphatic carbocycles. The highest BCUT2D eigenvalue weighted by Gasteiger charge is 2.42. The van der Waals surface area contributed by atoms with Crippen LogP contribution in [0.5, 0.6) is 0 Å². The number of carbonyl (C=O) groups is 1. The highest BCUT2D eigenvalue weighted by Crippen LogP contribution is 2.44. The molecule has 0 atom stereocenters. The summed E-state index contributed by atoms with van der Waals surface area (Å²) in [4.78, 5) is 14.7. The van der Waals surface area contributed by atoms with Crippen LogP contribution in [-0.2, 0) is 4.79 Å². The Labute approximate surface area is 123 Å². The maximum atomic E-state index is 12.8. The number of hydrogen-bond donors (Lipinski definition) is 0. The SMILES string of the molecule is CC(C)CC1(C(=O)N(C)CCCCCCl)CCCC1. The Kier molecular flexibility index (Phi) is 7.20. The standard InChI is InChI=1S/C16H30ClNO/c1-14(2)13-16(9-5-6-10-16)15(19)18(3)12-8-4-7-11-17/h14H,4-13H2,1-3H3. The fraction of sp³-hybridized carbons (Fsp3) is 0.938. The molecule has 112 valence electrons. The van der Waals surface area contributed by atoms with Gasteiger partial charge in [-0.25, -0.2) is 0 Å². The molecule has 0 spiro atoms. The van der Waals surface area contributed by atoms with E-state index in [0.717, 1.165) is 50.9 Å². The first-order valence-corrected chi connectivity index (χ1v) is 8.37. The highest BCUT2D eigenvalue weighted by atomic mass is 35.5. The van der Waals surface area contributed by atoms with Crippen LogP contribution >= 0.6 is 11.6 Å². The predicted molar refractivity (Wildman–Crippen MR) is 82.6 cm³/mol. The Morgan fingerprint density at radius 3 is 2.37 bits per heavy atom. The molecule has 0 saturated heterocycles. The van der Waals surface area contributed by atoms with Gasteiger partial charge in [-0.3, -0.25) is 4.79 Å². The molecule has 0 unspecified atom stereocenters. The number of halogens is 1. The third kappa shape index (κ3) is 4.98. The molecule has 0 aromatic carbocycles. The third-order valence-electron chi connectivity index (χ3n) is 4.29. The minimum absolute atomic E-state index is 0.0462. The molecule has 1 rings (SSSR count). The van der Waals surface area contributed by atoms with Crippen LogP contribution in [0.2, 0.25) is 0 Å². The lowest BCUT2D eigenvalue weighted by molar-refractivity contribution is -0.141. The summed E-state index contributed by atoms with van der Waals surface area (Å²) < 4.78 is 0. The number of alkyl halides is 1. The predicted octanol–water partition coefficient (Wildman–Crippen LogP) is 4.46. The number of carbonyl (C=O) groups excluding carboxylic acids is 1. The van der Waals surface area contributed by atoms with Crippen LogP contribution in [0.1, 0.15) is 65.2 Å². The van der Waals surface area contributed by atoms with Crippen molar-refractivity contribution in [2.75, 3.05) is 19.5 Å². The van der Waals surface area contributed by atoms with Gasteiger partial charge in [0.25, 0.3) is 0 Å². The van der Waals surface area contributed by atoms with Crippen LogP contribution < -0.4 is 0 Å². The number of hydrogen-bond acceptors (Lipinski definition) is 1. The van der Waals surface area contributed by atoms with Crippen LogP contribution in [0.4, 0.5) is 0 Å². The Hall–Kier alpha value is -0.240. The summed E-state index contributed by atoms with van der Waals surface area (Å²) in [5.74, 6) is 1.73. The smallest absolute Gasteiger partial charge is 0.228 e. The van der Waals surface area contributed by atoms with Crippen molar-refractivity contribution < 1.29 is 4.79 Å². The second-order valence-electron chi connectivity index (χ2n) is 6.56. The Morgan fingerprint density at radius 2 is 1.84 bits per heavy atom. The number of nitrogens with zero attached hydrogens (tertiary/aromatic N) is 1. The molecule has 1 aliphatic rings. The van der Waals surface area contributed by atoms with E-state index in [1.54, 1.807) is 0 Å². The van der Waals surface area contributed by atoms with E-state index in [9.17, 15) is 4.79 Å². The van der Waals surface area contributed by atoms with Gasteiger partial charge in [-0.2, -0.15) is 0 Å². The molecule has 0 heterocycles. The highest BCUT2D eigenvalue weighted by molar-refractivity contribution is 6.17. The average Bonchev–Trinajstić information content (AvgIpc) is 2.82. The third-order valence-corrected chi connectivity index (χ3v) is 4.55. The summed E-state index contributed by atoms with van der Waals surface area (Å²) in [7, 11) is 1.98. The van der Waals surface area contributed by atoms with Gasteiger partial charge >= 0.3 is 0 Å². The second-order valence-corrected chi connectivity index (χ2v) is 6.94. The molecular formula is C16H30ClNO. The topological polar surface area (TPSA) is 20.3 Å². The van der Waals surface area contributed by atoms with Gasteiger partial charge in [0.05, 0.1) is 0 Å². The van der Waals surface area contributed by atoms with Crippen molar-refractivity contribution in [1.82, 2.24) is 4.90 Å². The van der Waals surface area contributed by atoms with Crippen molar-refractivity contribution in [3.05, 3.63) is 0 Å². The Bertz CT molecular complexity index is 272. The van der Waals surface area contributed by atoms with E-state index in [-0.39, 0.29) is 5.41 Å². The zero-order valence-corrected chi connectivity index (χ0v) is 13.6. The van der Waals surface area contributed by atoms with Crippen LogP contribution in [0.3, 0.4) is 0 Å². The zero-order chi connectivity index (χ0) is 14.3. The number of amides is 1. The molecule has 2 nitrogen and oxygen atoms in total. The van der Waals surface area contributed by atoms with E-state index in [4.69, 9.17) is 11.6 Å². The number of unbranched alkanes of at least 4 members (excludes halogenated alkanes) is 2. The fourth-order valence-electron chi connectivity index (χ4n) is 3.47. The van der Waals surface area contributed by atoms with E-state index in [2.05, 4.69) is 13.8 Å². The molecule has 0 bridgehead atoms. The second kappa shape index (κ2) is 8.14. The lowest BCUT2D eigenvalue weighted by Crippen LogP contribution is -2.41. The van der Waals surface area contributed by atoms with Gasteiger partial charge in [0.2, 0.25) is 5.91 Å². The first kappa shape index (κ1) is 16.8. The summed E-state index contributed by atoms with van der Waals surface area (Å²) >= 11 is 5.68. The normalized spacial score (nSPS) is 17.9. The molecule has 1 fully saturated rings. The summed E-state index contributed by atoms with van der Waals surface area (Å²) in [6.45, 7) is 5.34. The van der Waals surface area contributed by atoms with Crippen molar-refractivity contribution in [3.63, 3.8) is 0 Å². The summed E-state index contributed by atoms with van der Waals surface area (Å²) in [5, 5.41) is 0. The van der Waals surface area contributed by atoms with Crippen LogP contribution in [-0.4, -0.2) is 30.3 Å². The molecule has 1 saturated carbocycles. The maximum Gasteiger partial charge on any atom is 0.228 e. The zero-order valence-electron chi connectivity index (χ0n) is 12.9. The minimum Gasteiger partial charge on any atom is -0.345 e. The Morgan fingerprint density at radius 1 is 1.21 bits per heavy atom. The number of rotatable bonds is 8. The monoisotopic (exact) mass is 287 g/mol. The quantitative estimate of drug-likeness (QED) is 0.477. The first-order valence-electron chi connectivity index (χ1n) is 7.83. The largest absolute Gasteiger partial charge is 0.345 e. The lowest BCUT2D eigenvalue weighted by atomic mass is 9.77. The first-order chi connectivity index (χ1) is 9.02. The summed E-state index contributed by atoms with van der Waals surface area (Å²) in [5.41, 5.74) is -0.0462. The molecule has 0 N–H and O–H groups in total. The van der Waals surface area contributed by atoms with Gasteiger partial charge in [-0.05, 0) is 38.0 Å². The Balaban J connectivity index is 2.51.